The van der Waals surface area contributed by atoms with Crippen molar-refractivity contribution in [3.8, 4) is 17.1 Å². The minimum atomic E-state index is -0.212. The van der Waals surface area contributed by atoms with E-state index in [4.69, 9.17) is 4.74 Å². The Hall–Kier alpha value is -3.13. The summed E-state index contributed by atoms with van der Waals surface area (Å²) in [7, 11) is 1.64. The van der Waals surface area contributed by atoms with Crippen molar-refractivity contribution in [1.82, 2.24) is 19.7 Å². The lowest BCUT2D eigenvalue weighted by molar-refractivity contribution is 0.0655. The average Bonchev–Trinajstić information content (AvgIpc) is 3.30. The van der Waals surface area contributed by atoms with Crippen molar-refractivity contribution < 1.29 is 14.3 Å². The summed E-state index contributed by atoms with van der Waals surface area (Å²) in [4.78, 5) is 26.2. The molecule has 2 heterocycles. The molecule has 0 bridgehead atoms. The molecule has 3 aromatic rings. The van der Waals surface area contributed by atoms with Crippen molar-refractivity contribution in [3.63, 3.8) is 0 Å². The van der Waals surface area contributed by atoms with Gasteiger partial charge in [-0.25, -0.2) is 0 Å². The van der Waals surface area contributed by atoms with Crippen LogP contribution in [0.5, 0.6) is 5.75 Å². The number of imide groups is 1. The number of fused-ring (bicyclic) bond motifs is 1. The molecule has 0 atom stereocenters. The van der Waals surface area contributed by atoms with Gasteiger partial charge in [-0.1, -0.05) is 36.0 Å². The molecule has 0 unspecified atom stereocenters. The Balaban J connectivity index is 1.40. The number of nitrogens with zero attached hydrogens (tertiary/aromatic N) is 4. The van der Waals surface area contributed by atoms with Gasteiger partial charge in [-0.05, 0) is 37.6 Å². The van der Waals surface area contributed by atoms with Crippen molar-refractivity contribution in [2.75, 3.05) is 19.4 Å². The van der Waals surface area contributed by atoms with E-state index in [1.165, 1.54) is 4.90 Å². The van der Waals surface area contributed by atoms with Gasteiger partial charge in [0.2, 0.25) is 0 Å². The van der Waals surface area contributed by atoms with Crippen molar-refractivity contribution in [3.05, 3.63) is 59.7 Å². The van der Waals surface area contributed by atoms with Crippen molar-refractivity contribution in [1.29, 1.82) is 0 Å². The number of benzene rings is 2. The number of methoxy groups -OCH3 is 1. The topological polar surface area (TPSA) is 77.3 Å². The van der Waals surface area contributed by atoms with E-state index in [2.05, 4.69) is 10.2 Å². The van der Waals surface area contributed by atoms with Crippen LogP contribution in [-0.4, -0.2) is 50.9 Å². The van der Waals surface area contributed by atoms with Gasteiger partial charge < -0.3 is 9.30 Å². The summed E-state index contributed by atoms with van der Waals surface area (Å²) in [6.07, 6.45) is 0.677. The number of thioether (sulfide) groups is 1. The first-order valence-electron chi connectivity index (χ1n) is 9.80. The quantitative estimate of drug-likeness (QED) is 0.313. The van der Waals surface area contributed by atoms with Gasteiger partial charge in [0.15, 0.2) is 11.0 Å². The van der Waals surface area contributed by atoms with Crippen LogP contribution in [0.2, 0.25) is 0 Å². The van der Waals surface area contributed by atoms with E-state index < -0.39 is 0 Å². The summed E-state index contributed by atoms with van der Waals surface area (Å²) in [5.41, 5.74) is 1.87. The Morgan fingerprint density at radius 1 is 0.933 bits per heavy atom. The maximum absolute atomic E-state index is 12.5. The van der Waals surface area contributed by atoms with E-state index in [0.717, 1.165) is 34.6 Å². The molecule has 8 heteroatoms. The van der Waals surface area contributed by atoms with E-state index in [9.17, 15) is 9.59 Å². The molecule has 154 valence electrons. The van der Waals surface area contributed by atoms with Gasteiger partial charge in [0, 0.05) is 18.8 Å². The molecule has 0 radical (unpaired) electrons. The fraction of sp³-hybridized carbons (Fsp3) is 0.273. The lowest BCUT2D eigenvalue weighted by Crippen LogP contribution is -2.31. The molecule has 0 N–H and O–H groups in total. The minimum Gasteiger partial charge on any atom is -0.496 e. The second kappa shape index (κ2) is 8.71. The number of para-hydroxylation sites is 1. The van der Waals surface area contributed by atoms with Gasteiger partial charge in [0.05, 0.1) is 23.8 Å². The minimum absolute atomic E-state index is 0.212. The Labute approximate surface area is 179 Å². The van der Waals surface area contributed by atoms with Crippen LogP contribution >= 0.6 is 11.8 Å². The number of rotatable bonds is 8. The van der Waals surface area contributed by atoms with Crippen LogP contribution in [0.1, 0.15) is 34.1 Å². The Morgan fingerprint density at radius 3 is 2.20 bits per heavy atom. The second-order valence-electron chi connectivity index (χ2n) is 6.76. The number of amides is 2. The maximum atomic E-state index is 12.5. The van der Waals surface area contributed by atoms with Crippen LogP contribution in [0.4, 0.5) is 0 Å². The lowest BCUT2D eigenvalue weighted by Gasteiger charge is -2.13. The summed E-state index contributed by atoms with van der Waals surface area (Å²) < 4.78 is 7.50. The largest absolute Gasteiger partial charge is 0.496 e. The molecule has 0 saturated heterocycles. The molecule has 0 aliphatic carbocycles. The third-order valence-electron chi connectivity index (χ3n) is 5.02. The molecule has 2 amide bonds. The summed E-state index contributed by atoms with van der Waals surface area (Å²) in [5, 5.41) is 9.52. The Bertz CT molecular complexity index is 1060. The summed E-state index contributed by atoms with van der Waals surface area (Å²) in [5.74, 6) is 1.81. The molecular formula is C22H22N4O3S. The van der Waals surface area contributed by atoms with Gasteiger partial charge in [-0.15, -0.1) is 10.2 Å². The van der Waals surface area contributed by atoms with E-state index in [1.54, 1.807) is 43.1 Å². The van der Waals surface area contributed by atoms with Gasteiger partial charge in [0.25, 0.3) is 11.8 Å². The third kappa shape index (κ3) is 3.59. The summed E-state index contributed by atoms with van der Waals surface area (Å²) >= 11 is 1.57. The zero-order chi connectivity index (χ0) is 21.1. The second-order valence-corrected chi connectivity index (χ2v) is 7.82. The summed E-state index contributed by atoms with van der Waals surface area (Å²) in [6, 6.07) is 14.7. The van der Waals surface area contributed by atoms with Crippen LogP contribution in [0.15, 0.2) is 53.7 Å². The Kier molecular flexibility index (Phi) is 5.85. The van der Waals surface area contributed by atoms with Crippen LogP contribution in [0.3, 0.4) is 0 Å². The molecule has 1 aromatic heterocycles. The highest BCUT2D eigenvalue weighted by Gasteiger charge is 2.34. The van der Waals surface area contributed by atoms with E-state index in [0.29, 0.717) is 24.1 Å². The van der Waals surface area contributed by atoms with Gasteiger partial charge in [-0.2, -0.15) is 0 Å². The number of carbonyl (C=O) groups is 2. The first kappa shape index (κ1) is 20.2. The molecular weight excluding hydrogens is 400 g/mol. The SMILES string of the molecule is CCn1c(SCCCN2C(=O)c3ccccc3C2=O)nnc1-c1ccccc1OC. The molecule has 0 saturated carbocycles. The zero-order valence-electron chi connectivity index (χ0n) is 16.9. The molecule has 0 spiro atoms. The van der Waals surface area contributed by atoms with Crippen LogP contribution in [0, 0.1) is 0 Å². The number of hydrogen-bond acceptors (Lipinski definition) is 6. The van der Waals surface area contributed by atoms with Crippen molar-refractivity contribution in [2.45, 2.75) is 25.0 Å². The van der Waals surface area contributed by atoms with Gasteiger partial charge >= 0.3 is 0 Å². The first-order chi connectivity index (χ1) is 14.7. The van der Waals surface area contributed by atoms with Gasteiger partial charge in [0.1, 0.15) is 5.75 Å². The predicted molar refractivity (Wildman–Crippen MR) is 115 cm³/mol. The van der Waals surface area contributed by atoms with E-state index in [-0.39, 0.29) is 11.8 Å². The Morgan fingerprint density at radius 2 is 1.57 bits per heavy atom. The zero-order valence-corrected chi connectivity index (χ0v) is 17.7. The monoisotopic (exact) mass is 422 g/mol. The highest BCUT2D eigenvalue weighted by Crippen LogP contribution is 2.31. The van der Waals surface area contributed by atoms with Crippen LogP contribution in [0.25, 0.3) is 11.4 Å². The smallest absolute Gasteiger partial charge is 0.261 e. The molecule has 0 fully saturated rings. The third-order valence-corrected chi connectivity index (χ3v) is 6.07. The maximum Gasteiger partial charge on any atom is 0.261 e. The molecule has 1 aliphatic heterocycles. The molecule has 30 heavy (non-hydrogen) atoms. The molecule has 4 rings (SSSR count). The number of carbonyl (C=O) groups excluding carboxylic acids is 2. The van der Waals surface area contributed by atoms with Crippen molar-refractivity contribution in [2.24, 2.45) is 0 Å². The first-order valence-corrected chi connectivity index (χ1v) is 10.8. The van der Waals surface area contributed by atoms with Crippen LogP contribution < -0.4 is 4.74 Å². The van der Waals surface area contributed by atoms with E-state index >= 15 is 0 Å². The molecule has 1 aliphatic rings. The highest BCUT2D eigenvalue weighted by atomic mass is 32.2. The number of aromatic nitrogens is 3. The average molecular weight is 423 g/mol. The fourth-order valence-electron chi connectivity index (χ4n) is 3.54. The highest BCUT2D eigenvalue weighted by molar-refractivity contribution is 7.99. The van der Waals surface area contributed by atoms with E-state index in [1.807, 2.05) is 35.8 Å². The van der Waals surface area contributed by atoms with Gasteiger partial charge in [-0.3, -0.25) is 14.5 Å². The molecule has 2 aromatic carbocycles. The number of ether oxygens (including phenoxy) is 1. The predicted octanol–water partition coefficient (Wildman–Crippen LogP) is 3.75. The fourth-order valence-corrected chi connectivity index (χ4v) is 4.46. The molecule has 7 nitrogen and oxygen atoms in total. The van der Waals surface area contributed by atoms with Crippen LogP contribution in [-0.2, 0) is 6.54 Å². The standard InChI is InChI=1S/C22H22N4O3S/c1-3-25-19(17-11-6-7-12-18(17)29-2)23-24-22(25)30-14-8-13-26-20(27)15-9-4-5-10-16(15)21(26)28/h4-7,9-12H,3,8,13-14H2,1-2H3. The lowest BCUT2D eigenvalue weighted by atomic mass is 10.1. The van der Waals surface area contributed by atoms with Crippen molar-refractivity contribution >= 4 is 23.6 Å². The number of hydrogen-bond donors (Lipinski definition) is 0. The summed E-state index contributed by atoms with van der Waals surface area (Å²) in [6.45, 7) is 3.16. The normalized spacial score (nSPS) is 13.1.